The second kappa shape index (κ2) is 9.83. The van der Waals surface area contributed by atoms with E-state index >= 15 is 0 Å². The normalized spacial score (nSPS) is 14.4. The van der Waals surface area contributed by atoms with Gasteiger partial charge in [-0.15, -0.1) is 0 Å². The van der Waals surface area contributed by atoms with E-state index in [1.165, 1.54) is 0 Å². The van der Waals surface area contributed by atoms with Crippen molar-refractivity contribution >= 4 is 11.7 Å². The van der Waals surface area contributed by atoms with E-state index in [0.717, 1.165) is 56.6 Å². The Labute approximate surface area is 228 Å². The third-order valence-electron chi connectivity index (χ3n) is 7.25. The van der Waals surface area contributed by atoms with Crippen molar-refractivity contribution < 1.29 is 9.53 Å². The van der Waals surface area contributed by atoms with E-state index in [0.29, 0.717) is 6.54 Å². The molecule has 3 heterocycles. The van der Waals surface area contributed by atoms with Crippen molar-refractivity contribution in [2.75, 3.05) is 12.4 Å². The number of urea groups is 1. The summed E-state index contributed by atoms with van der Waals surface area (Å²) in [6, 6.07) is 27.8. The summed E-state index contributed by atoms with van der Waals surface area (Å²) < 4.78 is 9.57. The lowest BCUT2D eigenvalue weighted by atomic mass is 10.0. The molecule has 1 N–H and O–H groups in total. The van der Waals surface area contributed by atoms with Gasteiger partial charge in [-0.2, -0.15) is 5.10 Å². The number of amides is 2. The molecule has 1 aliphatic rings. The Balaban J connectivity index is 1.52. The summed E-state index contributed by atoms with van der Waals surface area (Å²) in [5.41, 5.74) is 7.81. The van der Waals surface area contributed by atoms with Gasteiger partial charge in [-0.05, 0) is 86.0 Å². The van der Waals surface area contributed by atoms with Crippen LogP contribution in [0.2, 0.25) is 0 Å². The predicted molar refractivity (Wildman–Crippen MR) is 153 cm³/mol. The molecular weight excluding hydrogens is 486 g/mol. The Bertz CT molecular complexity index is 1630. The lowest BCUT2D eigenvalue weighted by Crippen LogP contribution is -2.38. The van der Waals surface area contributed by atoms with Gasteiger partial charge in [0.25, 0.3) is 0 Å². The number of rotatable bonds is 4. The number of aromatic nitrogens is 3. The number of hydrogen-bond donors (Lipinski definition) is 1. The van der Waals surface area contributed by atoms with Crippen LogP contribution in [0, 0.1) is 20.8 Å². The molecule has 1 aliphatic heterocycles. The SMILES string of the molecule is COc1ccc([C@H]2c3cccn3-c3c(c(C)nn3-c3ccccc3)CN2C(=O)Nc2cc(C)cc(C)c2)cc1. The Morgan fingerprint density at radius 3 is 2.33 bits per heavy atom. The highest BCUT2D eigenvalue weighted by Crippen LogP contribution is 2.39. The van der Waals surface area contributed by atoms with Crippen molar-refractivity contribution in [3.63, 3.8) is 0 Å². The van der Waals surface area contributed by atoms with Crippen LogP contribution in [0.3, 0.4) is 0 Å². The van der Waals surface area contributed by atoms with Gasteiger partial charge < -0.3 is 19.5 Å². The van der Waals surface area contributed by atoms with Crippen LogP contribution in [0.25, 0.3) is 11.5 Å². The average Bonchev–Trinajstić information content (AvgIpc) is 3.49. The number of aryl methyl sites for hydroxylation is 3. The predicted octanol–water partition coefficient (Wildman–Crippen LogP) is 6.73. The summed E-state index contributed by atoms with van der Waals surface area (Å²) in [6.45, 7) is 6.47. The Hall–Kier alpha value is -4.78. The van der Waals surface area contributed by atoms with E-state index < -0.39 is 0 Å². The molecule has 6 rings (SSSR count). The molecule has 1 atom stereocenters. The van der Waals surface area contributed by atoms with Gasteiger partial charge >= 0.3 is 6.03 Å². The van der Waals surface area contributed by atoms with E-state index in [-0.39, 0.29) is 12.1 Å². The van der Waals surface area contributed by atoms with E-state index in [4.69, 9.17) is 9.84 Å². The summed E-state index contributed by atoms with van der Waals surface area (Å²) in [6.07, 6.45) is 2.05. The van der Waals surface area contributed by atoms with Crippen molar-refractivity contribution in [2.24, 2.45) is 0 Å². The quantitative estimate of drug-likeness (QED) is 0.287. The zero-order chi connectivity index (χ0) is 27.1. The molecule has 0 saturated carbocycles. The number of fused-ring (bicyclic) bond motifs is 3. The van der Waals surface area contributed by atoms with Gasteiger partial charge in [0.05, 0.1) is 36.8 Å². The van der Waals surface area contributed by atoms with Crippen LogP contribution >= 0.6 is 0 Å². The average molecular weight is 518 g/mol. The van der Waals surface area contributed by atoms with Gasteiger partial charge in [-0.1, -0.05) is 36.4 Å². The number of carbonyl (C=O) groups is 1. The van der Waals surface area contributed by atoms with Crippen molar-refractivity contribution in [2.45, 2.75) is 33.4 Å². The molecule has 5 aromatic rings. The summed E-state index contributed by atoms with van der Waals surface area (Å²) in [4.78, 5) is 16.0. The van der Waals surface area contributed by atoms with Crippen LogP contribution < -0.4 is 10.1 Å². The fourth-order valence-electron chi connectivity index (χ4n) is 5.53. The van der Waals surface area contributed by atoms with Gasteiger partial charge in [0, 0.05) is 17.4 Å². The standard InChI is InChI=1S/C32H31N5O2/c1-21-17-22(2)19-25(18-21)33-32(38)36-20-28-23(3)34-37(26-9-6-5-7-10-26)31(28)35-16-8-11-29(35)30(36)24-12-14-27(39-4)15-13-24/h5-19,30H,20H2,1-4H3,(H,33,38)/t30-/m0/s1. The Kier molecular flexibility index (Phi) is 6.19. The maximum absolute atomic E-state index is 14.1. The van der Waals surface area contributed by atoms with Crippen LogP contribution in [-0.4, -0.2) is 32.4 Å². The Morgan fingerprint density at radius 2 is 1.64 bits per heavy atom. The molecule has 0 spiro atoms. The molecule has 0 unspecified atom stereocenters. The van der Waals surface area contributed by atoms with Crippen LogP contribution in [0.15, 0.2) is 91.1 Å². The van der Waals surface area contributed by atoms with Crippen molar-refractivity contribution in [3.05, 3.63) is 125 Å². The largest absolute Gasteiger partial charge is 0.497 e. The summed E-state index contributed by atoms with van der Waals surface area (Å²) in [5, 5.41) is 8.11. The van der Waals surface area contributed by atoms with Crippen LogP contribution in [0.5, 0.6) is 5.75 Å². The monoisotopic (exact) mass is 517 g/mol. The third-order valence-corrected chi connectivity index (χ3v) is 7.25. The van der Waals surface area contributed by atoms with Crippen LogP contribution in [0.4, 0.5) is 10.5 Å². The minimum Gasteiger partial charge on any atom is -0.497 e. The zero-order valence-electron chi connectivity index (χ0n) is 22.6. The van der Waals surface area contributed by atoms with Gasteiger partial charge in [-0.3, -0.25) is 0 Å². The molecule has 0 radical (unpaired) electrons. The molecule has 7 nitrogen and oxygen atoms in total. The number of nitrogens with zero attached hydrogens (tertiary/aromatic N) is 4. The molecule has 0 fully saturated rings. The smallest absolute Gasteiger partial charge is 0.322 e. The molecule has 0 aliphatic carbocycles. The van der Waals surface area contributed by atoms with E-state index in [1.807, 2.05) is 103 Å². The summed E-state index contributed by atoms with van der Waals surface area (Å²) >= 11 is 0. The highest BCUT2D eigenvalue weighted by molar-refractivity contribution is 5.90. The van der Waals surface area contributed by atoms with Gasteiger partial charge in [0.15, 0.2) is 0 Å². The Morgan fingerprint density at radius 1 is 0.923 bits per heavy atom. The van der Waals surface area contributed by atoms with Gasteiger partial charge in [0.1, 0.15) is 11.6 Å². The first kappa shape index (κ1) is 24.6. The highest BCUT2D eigenvalue weighted by Gasteiger charge is 2.36. The zero-order valence-corrected chi connectivity index (χ0v) is 22.6. The van der Waals surface area contributed by atoms with Crippen molar-refractivity contribution in [1.29, 1.82) is 0 Å². The van der Waals surface area contributed by atoms with Crippen LogP contribution in [0.1, 0.15) is 39.7 Å². The van der Waals surface area contributed by atoms with E-state index in [1.54, 1.807) is 7.11 Å². The number of anilines is 1. The first-order valence-electron chi connectivity index (χ1n) is 13.0. The second-order valence-corrected chi connectivity index (χ2v) is 10.0. The number of carbonyl (C=O) groups excluding carboxylic acids is 1. The van der Waals surface area contributed by atoms with E-state index in [2.05, 4.69) is 28.2 Å². The summed E-state index contributed by atoms with van der Waals surface area (Å²) in [5.74, 6) is 1.71. The molecule has 39 heavy (non-hydrogen) atoms. The third kappa shape index (κ3) is 4.46. The van der Waals surface area contributed by atoms with Crippen LogP contribution in [-0.2, 0) is 6.54 Å². The molecular formula is C32H31N5O2. The number of para-hydroxylation sites is 1. The molecule has 0 saturated heterocycles. The number of methoxy groups -OCH3 is 1. The second-order valence-electron chi connectivity index (χ2n) is 10.0. The topological polar surface area (TPSA) is 64.3 Å². The van der Waals surface area contributed by atoms with Crippen molar-refractivity contribution in [1.82, 2.24) is 19.2 Å². The lowest BCUT2D eigenvalue weighted by Gasteiger charge is -2.31. The number of hydrogen-bond acceptors (Lipinski definition) is 3. The number of benzene rings is 3. The molecule has 3 aromatic carbocycles. The fourth-order valence-corrected chi connectivity index (χ4v) is 5.53. The summed E-state index contributed by atoms with van der Waals surface area (Å²) in [7, 11) is 1.66. The first-order valence-corrected chi connectivity index (χ1v) is 13.0. The fraction of sp³-hybridized carbons (Fsp3) is 0.188. The lowest BCUT2D eigenvalue weighted by molar-refractivity contribution is 0.194. The van der Waals surface area contributed by atoms with Gasteiger partial charge in [0.2, 0.25) is 0 Å². The maximum Gasteiger partial charge on any atom is 0.322 e. The molecule has 196 valence electrons. The molecule has 2 amide bonds. The maximum atomic E-state index is 14.1. The number of nitrogens with one attached hydrogen (secondary N) is 1. The van der Waals surface area contributed by atoms with Gasteiger partial charge in [-0.25, -0.2) is 9.48 Å². The number of ether oxygens (including phenoxy) is 1. The minimum absolute atomic E-state index is 0.173. The molecule has 2 aromatic heterocycles. The first-order chi connectivity index (χ1) is 18.9. The van der Waals surface area contributed by atoms with Crippen molar-refractivity contribution in [3.8, 4) is 17.3 Å². The highest BCUT2D eigenvalue weighted by atomic mass is 16.5. The molecule has 7 heteroatoms. The molecule has 0 bridgehead atoms. The minimum atomic E-state index is -0.340. The van der Waals surface area contributed by atoms with E-state index in [9.17, 15) is 4.79 Å².